The molecule has 24 heavy (non-hydrogen) atoms. The lowest BCUT2D eigenvalue weighted by Gasteiger charge is -2.14. The molecule has 2 amide bonds. The molecule has 0 bridgehead atoms. The largest absolute Gasteiger partial charge is 0.495 e. The molecule has 4 N–H and O–H groups in total. The average Bonchev–Trinajstić information content (AvgIpc) is 2.98. The molecule has 1 aromatic carbocycles. The van der Waals surface area contributed by atoms with Gasteiger partial charge in [-0.2, -0.15) is 5.10 Å². The van der Waals surface area contributed by atoms with Gasteiger partial charge in [-0.05, 0) is 18.2 Å². The van der Waals surface area contributed by atoms with Crippen LogP contribution in [0.1, 0.15) is 28.7 Å². The maximum absolute atomic E-state index is 12.6. The fourth-order valence-electron chi connectivity index (χ4n) is 2.68. The zero-order valence-electron chi connectivity index (χ0n) is 13.5. The first kappa shape index (κ1) is 16.0. The first-order valence-corrected chi connectivity index (χ1v) is 7.62. The molecule has 0 radical (unpaired) electrons. The average molecular weight is 329 g/mol. The molecule has 0 spiro atoms. The van der Waals surface area contributed by atoms with Gasteiger partial charge in [0.2, 0.25) is 5.91 Å². The van der Waals surface area contributed by atoms with E-state index in [-0.39, 0.29) is 11.8 Å². The molecule has 0 saturated heterocycles. The Morgan fingerprint density at radius 3 is 2.88 bits per heavy atom. The molecule has 1 aliphatic rings. The minimum atomic E-state index is -0.325. The molecule has 3 rings (SSSR count). The van der Waals surface area contributed by atoms with Gasteiger partial charge in [-0.3, -0.25) is 14.7 Å². The topological polar surface area (TPSA) is 108 Å². The molecule has 0 fully saturated rings. The normalized spacial score (nSPS) is 13.1. The molecule has 0 saturated carbocycles. The van der Waals surface area contributed by atoms with Crippen molar-refractivity contribution in [1.82, 2.24) is 15.5 Å². The van der Waals surface area contributed by atoms with E-state index in [9.17, 15) is 9.59 Å². The van der Waals surface area contributed by atoms with Gasteiger partial charge in [0.1, 0.15) is 5.75 Å². The van der Waals surface area contributed by atoms with Gasteiger partial charge in [-0.1, -0.05) is 0 Å². The number of anilines is 2. The fraction of sp³-hybridized carbons (Fsp3) is 0.312. The predicted molar refractivity (Wildman–Crippen MR) is 89.2 cm³/mol. The van der Waals surface area contributed by atoms with Crippen LogP contribution < -0.4 is 20.7 Å². The SMILES string of the molecule is COc1ccc(NC(C)=O)cc1NC(=O)c1n[nH]c2c1CNCC2. The lowest BCUT2D eigenvalue weighted by atomic mass is 10.1. The van der Waals surface area contributed by atoms with E-state index in [0.717, 1.165) is 24.2 Å². The van der Waals surface area contributed by atoms with E-state index >= 15 is 0 Å². The molecular weight excluding hydrogens is 310 g/mol. The highest BCUT2D eigenvalue weighted by atomic mass is 16.5. The van der Waals surface area contributed by atoms with Gasteiger partial charge in [-0.25, -0.2) is 0 Å². The van der Waals surface area contributed by atoms with Crippen molar-refractivity contribution in [2.75, 3.05) is 24.3 Å². The van der Waals surface area contributed by atoms with Crippen LogP contribution in [0.15, 0.2) is 18.2 Å². The van der Waals surface area contributed by atoms with E-state index < -0.39 is 0 Å². The van der Waals surface area contributed by atoms with Crippen molar-refractivity contribution < 1.29 is 14.3 Å². The van der Waals surface area contributed by atoms with Crippen LogP contribution in [0.2, 0.25) is 0 Å². The zero-order chi connectivity index (χ0) is 17.1. The number of amides is 2. The molecule has 8 heteroatoms. The molecule has 2 heterocycles. The third-order valence-electron chi connectivity index (χ3n) is 3.79. The first-order chi connectivity index (χ1) is 11.6. The van der Waals surface area contributed by atoms with Gasteiger partial charge in [0.05, 0.1) is 12.8 Å². The smallest absolute Gasteiger partial charge is 0.276 e. The number of benzene rings is 1. The van der Waals surface area contributed by atoms with E-state index in [0.29, 0.717) is 29.4 Å². The van der Waals surface area contributed by atoms with E-state index in [1.165, 1.54) is 14.0 Å². The number of rotatable bonds is 4. The van der Waals surface area contributed by atoms with Crippen LogP contribution in [0.4, 0.5) is 11.4 Å². The van der Waals surface area contributed by atoms with Crippen LogP contribution >= 0.6 is 0 Å². The third kappa shape index (κ3) is 3.23. The van der Waals surface area contributed by atoms with Crippen LogP contribution in [0, 0.1) is 0 Å². The van der Waals surface area contributed by atoms with Crippen molar-refractivity contribution in [1.29, 1.82) is 0 Å². The minimum Gasteiger partial charge on any atom is -0.495 e. The predicted octanol–water partition coefficient (Wildman–Crippen LogP) is 1.27. The number of aromatic nitrogens is 2. The molecule has 1 aliphatic heterocycles. The van der Waals surface area contributed by atoms with Crippen molar-refractivity contribution in [3.63, 3.8) is 0 Å². The van der Waals surface area contributed by atoms with Crippen LogP contribution in [0.5, 0.6) is 5.75 Å². The number of fused-ring (bicyclic) bond motifs is 1. The summed E-state index contributed by atoms with van der Waals surface area (Å²) in [4.78, 5) is 23.8. The summed E-state index contributed by atoms with van der Waals surface area (Å²) in [5.74, 6) is -0.0145. The number of ether oxygens (including phenoxy) is 1. The van der Waals surface area contributed by atoms with Gasteiger partial charge in [0.15, 0.2) is 5.69 Å². The third-order valence-corrected chi connectivity index (χ3v) is 3.79. The Hall–Kier alpha value is -2.87. The standard InChI is InChI=1S/C16H19N5O3/c1-9(22)18-10-3-4-14(24-2)13(7-10)19-16(23)15-11-8-17-6-5-12(11)20-21-15/h3-4,7,17H,5-6,8H2,1-2H3,(H,18,22)(H,19,23)(H,20,21). The van der Waals surface area contributed by atoms with Crippen molar-refractivity contribution in [2.45, 2.75) is 19.9 Å². The lowest BCUT2D eigenvalue weighted by Crippen LogP contribution is -2.25. The Morgan fingerprint density at radius 1 is 1.29 bits per heavy atom. The van der Waals surface area contributed by atoms with Gasteiger partial charge < -0.3 is 20.7 Å². The Balaban J connectivity index is 1.85. The first-order valence-electron chi connectivity index (χ1n) is 7.62. The monoisotopic (exact) mass is 329 g/mol. The number of nitrogens with zero attached hydrogens (tertiary/aromatic N) is 1. The lowest BCUT2D eigenvalue weighted by molar-refractivity contribution is -0.114. The summed E-state index contributed by atoms with van der Waals surface area (Å²) in [6, 6.07) is 5.04. The molecule has 0 unspecified atom stereocenters. The highest BCUT2D eigenvalue weighted by Gasteiger charge is 2.22. The molecule has 0 atom stereocenters. The maximum Gasteiger partial charge on any atom is 0.276 e. The van der Waals surface area contributed by atoms with Crippen molar-refractivity contribution in [3.8, 4) is 5.75 Å². The zero-order valence-corrected chi connectivity index (χ0v) is 13.5. The number of aromatic amines is 1. The van der Waals surface area contributed by atoms with E-state index in [2.05, 4.69) is 26.1 Å². The Morgan fingerprint density at radius 2 is 2.12 bits per heavy atom. The number of carbonyl (C=O) groups is 2. The van der Waals surface area contributed by atoms with E-state index in [4.69, 9.17) is 4.74 Å². The number of hydrogen-bond acceptors (Lipinski definition) is 5. The number of nitrogens with one attached hydrogen (secondary N) is 4. The summed E-state index contributed by atoms with van der Waals surface area (Å²) in [5, 5.41) is 15.8. The summed E-state index contributed by atoms with van der Waals surface area (Å²) in [5.41, 5.74) is 3.27. The van der Waals surface area contributed by atoms with Crippen LogP contribution in [0.25, 0.3) is 0 Å². The van der Waals surface area contributed by atoms with Gasteiger partial charge in [-0.15, -0.1) is 0 Å². The Labute approximate surface area is 139 Å². The fourth-order valence-corrected chi connectivity index (χ4v) is 2.68. The summed E-state index contributed by atoms with van der Waals surface area (Å²) in [6.45, 7) is 2.89. The minimum absolute atomic E-state index is 0.190. The van der Waals surface area contributed by atoms with Crippen LogP contribution in [-0.4, -0.2) is 35.7 Å². The number of methoxy groups -OCH3 is 1. The van der Waals surface area contributed by atoms with Crippen LogP contribution in [-0.2, 0) is 17.8 Å². The van der Waals surface area contributed by atoms with Gasteiger partial charge in [0.25, 0.3) is 5.91 Å². The van der Waals surface area contributed by atoms with Crippen LogP contribution in [0.3, 0.4) is 0 Å². The molecule has 0 aliphatic carbocycles. The molecule has 1 aromatic heterocycles. The molecule has 126 valence electrons. The van der Waals surface area contributed by atoms with Crippen molar-refractivity contribution in [3.05, 3.63) is 35.2 Å². The highest BCUT2D eigenvalue weighted by molar-refractivity contribution is 6.05. The van der Waals surface area contributed by atoms with Crippen molar-refractivity contribution in [2.24, 2.45) is 0 Å². The summed E-state index contributed by atoms with van der Waals surface area (Å²) in [7, 11) is 1.52. The molecular formula is C16H19N5O3. The second-order valence-corrected chi connectivity index (χ2v) is 5.51. The summed E-state index contributed by atoms with van der Waals surface area (Å²) >= 11 is 0. The van der Waals surface area contributed by atoms with E-state index in [1.807, 2.05) is 0 Å². The number of hydrogen-bond donors (Lipinski definition) is 4. The summed E-state index contributed by atoms with van der Waals surface area (Å²) in [6.07, 6.45) is 0.816. The quantitative estimate of drug-likeness (QED) is 0.676. The second-order valence-electron chi connectivity index (χ2n) is 5.51. The second kappa shape index (κ2) is 6.71. The van der Waals surface area contributed by atoms with Gasteiger partial charge >= 0.3 is 0 Å². The highest BCUT2D eigenvalue weighted by Crippen LogP contribution is 2.28. The van der Waals surface area contributed by atoms with Crippen molar-refractivity contribution >= 4 is 23.2 Å². The molecule has 8 nitrogen and oxygen atoms in total. The number of carbonyl (C=O) groups excluding carboxylic acids is 2. The van der Waals surface area contributed by atoms with Gasteiger partial charge in [0, 0.05) is 43.4 Å². The number of H-pyrrole nitrogens is 1. The maximum atomic E-state index is 12.6. The van der Waals surface area contributed by atoms with E-state index in [1.54, 1.807) is 18.2 Å². The Kier molecular flexibility index (Phi) is 4.48. The molecule has 2 aromatic rings. The Bertz CT molecular complexity index is 784. The summed E-state index contributed by atoms with van der Waals surface area (Å²) < 4.78 is 5.27.